The van der Waals surface area contributed by atoms with Gasteiger partial charge in [0.2, 0.25) is 0 Å². The van der Waals surface area contributed by atoms with Crippen molar-refractivity contribution in [2.45, 2.75) is 44.9 Å². The molecular formula is C16H22N4S. The van der Waals surface area contributed by atoms with Gasteiger partial charge in [0.15, 0.2) is 0 Å². The van der Waals surface area contributed by atoms with Crippen LogP contribution in [0.25, 0.3) is 0 Å². The first-order valence-corrected chi connectivity index (χ1v) is 7.62. The topological polar surface area (TPSA) is 53.1 Å². The fourth-order valence-corrected chi connectivity index (χ4v) is 2.58. The zero-order chi connectivity index (χ0) is 15.4. The average molecular weight is 302 g/mol. The van der Waals surface area contributed by atoms with Crippen molar-refractivity contribution in [1.29, 1.82) is 0 Å². The summed E-state index contributed by atoms with van der Waals surface area (Å²) in [6.07, 6.45) is 7.13. The van der Waals surface area contributed by atoms with Crippen LogP contribution in [0.15, 0.2) is 22.3 Å². The van der Waals surface area contributed by atoms with Gasteiger partial charge in [-0.05, 0) is 44.5 Å². The lowest BCUT2D eigenvalue weighted by molar-refractivity contribution is 0.771. The number of hydrogen-bond donors (Lipinski definition) is 3. The molecule has 2 heterocycles. The molecule has 0 fully saturated rings. The first-order valence-electron chi connectivity index (χ1n) is 7.17. The summed E-state index contributed by atoms with van der Waals surface area (Å²) in [7, 11) is 0. The first kappa shape index (κ1) is 15.6. The van der Waals surface area contributed by atoms with E-state index in [9.17, 15) is 0 Å². The Balaban J connectivity index is 2.34. The molecule has 21 heavy (non-hydrogen) atoms. The van der Waals surface area contributed by atoms with Gasteiger partial charge in [-0.25, -0.2) is 4.99 Å². The molecule has 0 aliphatic rings. The molecule has 2 aromatic heterocycles. The van der Waals surface area contributed by atoms with Crippen molar-refractivity contribution in [2.24, 2.45) is 4.99 Å². The number of aromatic amines is 1. The van der Waals surface area contributed by atoms with Gasteiger partial charge >= 0.3 is 0 Å². The molecule has 0 amide bonds. The highest BCUT2D eigenvalue weighted by Crippen LogP contribution is 2.34. The van der Waals surface area contributed by atoms with Crippen molar-refractivity contribution >= 4 is 36.5 Å². The molecule has 0 aliphatic carbocycles. The van der Waals surface area contributed by atoms with Gasteiger partial charge in [-0.15, -0.1) is 12.6 Å². The number of anilines is 2. The van der Waals surface area contributed by atoms with E-state index in [1.54, 1.807) is 0 Å². The molecule has 112 valence electrons. The third-order valence-electron chi connectivity index (χ3n) is 3.63. The number of hydrogen-bond acceptors (Lipinski definition) is 4. The zero-order valence-corrected chi connectivity index (χ0v) is 13.7. The number of pyridine rings is 1. The van der Waals surface area contributed by atoms with Gasteiger partial charge in [0, 0.05) is 23.8 Å². The molecule has 2 rings (SSSR count). The van der Waals surface area contributed by atoms with Gasteiger partial charge in [0.05, 0.1) is 10.6 Å². The van der Waals surface area contributed by atoms with E-state index in [1.807, 2.05) is 12.4 Å². The van der Waals surface area contributed by atoms with Crippen molar-refractivity contribution in [3.63, 3.8) is 0 Å². The van der Waals surface area contributed by atoms with E-state index in [0.29, 0.717) is 5.82 Å². The molecule has 2 aromatic rings. The van der Waals surface area contributed by atoms with E-state index >= 15 is 0 Å². The van der Waals surface area contributed by atoms with E-state index in [4.69, 9.17) is 0 Å². The number of unbranched alkanes of at least 4 members (excludes halogenated alkanes) is 1. The Bertz CT molecular complexity index is 646. The second-order valence-corrected chi connectivity index (χ2v) is 5.62. The molecule has 0 bridgehead atoms. The van der Waals surface area contributed by atoms with Crippen LogP contribution in [0.1, 0.15) is 36.6 Å². The summed E-state index contributed by atoms with van der Waals surface area (Å²) in [5.74, 6) is 0.677. The number of aryl methyl sites for hydroxylation is 2. The molecular weight excluding hydrogens is 280 g/mol. The van der Waals surface area contributed by atoms with Gasteiger partial charge < -0.3 is 10.3 Å². The van der Waals surface area contributed by atoms with Crippen LogP contribution < -0.4 is 5.32 Å². The van der Waals surface area contributed by atoms with Crippen LogP contribution in [0.5, 0.6) is 0 Å². The van der Waals surface area contributed by atoms with Crippen LogP contribution in [0, 0.1) is 13.8 Å². The minimum atomic E-state index is 0.677. The largest absolute Gasteiger partial charge is 0.353 e. The van der Waals surface area contributed by atoms with E-state index in [-0.39, 0.29) is 0 Å². The fourth-order valence-electron chi connectivity index (χ4n) is 2.32. The molecule has 0 aliphatic heterocycles. The smallest absolute Gasteiger partial charge is 0.144 e. The molecule has 0 aromatic carbocycles. The average Bonchev–Trinajstić information content (AvgIpc) is 2.83. The number of nitrogens with zero attached hydrogens (tertiary/aromatic N) is 2. The van der Waals surface area contributed by atoms with Gasteiger partial charge in [0.1, 0.15) is 5.82 Å². The van der Waals surface area contributed by atoms with Crippen molar-refractivity contribution in [1.82, 2.24) is 9.97 Å². The number of rotatable bonds is 6. The summed E-state index contributed by atoms with van der Waals surface area (Å²) in [5.41, 5.74) is 5.48. The molecule has 4 nitrogen and oxygen atoms in total. The highest BCUT2D eigenvalue weighted by Gasteiger charge is 2.12. The molecule has 0 saturated heterocycles. The van der Waals surface area contributed by atoms with Crippen LogP contribution >= 0.6 is 12.6 Å². The number of aliphatic imine (C=N–C) groups is 1. The Hall–Kier alpha value is -1.75. The predicted octanol–water partition coefficient (Wildman–Crippen LogP) is 4.73. The van der Waals surface area contributed by atoms with Crippen LogP contribution in [0.3, 0.4) is 0 Å². The van der Waals surface area contributed by atoms with Crippen molar-refractivity contribution in [3.05, 3.63) is 29.2 Å². The first-order chi connectivity index (χ1) is 10.1. The van der Waals surface area contributed by atoms with Gasteiger partial charge in [-0.1, -0.05) is 13.3 Å². The molecule has 5 heteroatoms. The van der Waals surface area contributed by atoms with Crippen molar-refractivity contribution in [2.75, 3.05) is 5.32 Å². The molecule has 0 atom stereocenters. The maximum Gasteiger partial charge on any atom is 0.144 e. The van der Waals surface area contributed by atoms with Gasteiger partial charge in [-0.2, -0.15) is 0 Å². The fraction of sp³-hybridized carbons (Fsp3) is 0.375. The monoisotopic (exact) mass is 302 g/mol. The van der Waals surface area contributed by atoms with E-state index < -0.39 is 0 Å². The van der Waals surface area contributed by atoms with Crippen LogP contribution in [0.2, 0.25) is 0 Å². The highest BCUT2D eigenvalue weighted by atomic mass is 32.1. The SMILES string of the molecule is C=Nc1[nH]cc(Nc2c(C)cnc(CCCC)c2C)c1S. The summed E-state index contributed by atoms with van der Waals surface area (Å²) >= 11 is 4.48. The summed E-state index contributed by atoms with van der Waals surface area (Å²) < 4.78 is 0. The van der Waals surface area contributed by atoms with Crippen molar-refractivity contribution in [3.8, 4) is 0 Å². The van der Waals surface area contributed by atoms with Gasteiger partial charge in [-0.3, -0.25) is 4.98 Å². The summed E-state index contributed by atoms with van der Waals surface area (Å²) in [6, 6.07) is 0. The standard InChI is InChI=1S/C16H22N4S/c1-5-6-7-12-11(3)14(10(2)8-18-12)20-13-9-19-16(17-4)15(13)21/h8-9,19,21H,4-7H2,1-3H3,(H,18,20). The maximum atomic E-state index is 4.57. The summed E-state index contributed by atoms with van der Waals surface area (Å²) in [4.78, 5) is 12.3. The highest BCUT2D eigenvalue weighted by molar-refractivity contribution is 7.80. The van der Waals surface area contributed by atoms with Crippen LogP contribution in [-0.2, 0) is 6.42 Å². The summed E-state index contributed by atoms with van der Waals surface area (Å²) in [6.45, 7) is 9.90. The minimum Gasteiger partial charge on any atom is -0.353 e. The second-order valence-electron chi connectivity index (χ2n) is 5.17. The Morgan fingerprint density at radius 3 is 2.81 bits per heavy atom. The second kappa shape index (κ2) is 6.80. The molecule has 0 unspecified atom stereocenters. The van der Waals surface area contributed by atoms with Crippen LogP contribution in [-0.4, -0.2) is 16.7 Å². The molecule has 0 saturated carbocycles. The molecule has 2 N–H and O–H groups in total. The normalized spacial score (nSPS) is 10.7. The van der Waals surface area contributed by atoms with Crippen molar-refractivity contribution < 1.29 is 0 Å². The maximum absolute atomic E-state index is 4.57. The Labute approximate surface area is 131 Å². The third kappa shape index (κ3) is 3.29. The van der Waals surface area contributed by atoms with E-state index in [0.717, 1.165) is 40.4 Å². The lowest BCUT2D eigenvalue weighted by Crippen LogP contribution is -2.02. The quantitative estimate of drug-likeness (QED) is 0.533. The van der Waals surface area contributed by atoms with Crippen LogP contribution in [0.4, 0.5) is 17.2 Å². The van der Waals surface area contributed by atoms with E-state index in [1.165, 1.54) is 12.0 Å². The Morgan fingerprint density at radius 2 is 2.19 bits per heavy atom. The molecule has 0 spiro atoms. The lowest BCUT2D eigenvalue weighted by atomic mass is 10.0. The predicted molar refractivity (Wildman–Crippen MR) is 92.9 cm³/mol. The van der Waals surface area contributed by atoms with Gasteiger partial charge in [0.25, 0.3) is 0 Å². The summed E-state index contributed by atoms with van der Waals surface area (Å²) in [5, 5.41) is 3.44. The third-order valence-corrected chi connectivity index (χ3v) is 4.09. The lowest BCUT2D eigenvalue weighted by Gasteiger charge is -2.15. The zero-order valence-electron chi connectivity index (χ0n) is 12.8. The number of nitrogens with one attached hydrogen (secondary N) is 2. The Kier molecular flexibility index (Phi) is 5.07. The Morgan fingerprint density at radius 1 is 1.43 bits per heavy atom. The minimum absolute atomic E-state index is 0.677. The molecule has 0 radical (unpaired) electrons. The number of aromatic nitrogens is 2. The van der Waals surface area contributed by atoms with E-state index in [2.05, 4.69) is 60.4 Å². The number of H-pyrrole nitrogens is 1. The number of thiol groups is 1.